The molecule has 0 bridgehead atoms. The van der Waals surface area contributed by atoms with E-state index in [1.54, 1.807) is 12.3 Å². The fourth-order valence-electron chi connectivity index (χ4n) is 3.08. The number of hydrogen-bond donors (Lipinski definition) is 3. The first-order valence-corrected chi connectivity index (χ1v) is 6.98. The molecule has 5 heteroatoms. The third kappa shape index (κ3) is 2.62. The lowest BCUT2D eigenvalue weighted by molar-refractivity contribution is -0.115. The molecule has 1 aliphatic heterocycles. The highest BCUT2D eigenvalue weighted by Crippen LogP contribution is 2.38. The predicted octanol–water partition coefficient (Wildman–Crippen LogP) is 0.894. The van der Waals surface area contributed by atoms with Gasteiger partial charge in [-0.2, -0.15) is 0 Å². The van der Waals surface area contributed by atoms with Gasteiger partial charge in [0.05, 0.1) is 6.54 Å². The van der Waals surface area contributed by atoms with Gasteiger partial charge in [0.2, 0.25) is 5.91 Å². The van der Waals surface area contributed by atoms with Crippen LogP contribution in [-0.4, -0.2) is 35.6 Å². The summed E-state index contributed by atoms with van der Waals surface area (Å²) in [4.78, 5) is 15.9. The first kappa shape index (κ1) is 12.6. The van der Waals surface area contributed by atoms with E-state index < -0.39 is 0 Å². The van der Waals surface area contributed by atoms with Crippen LogP contribution < -0.4 is 16.0 Å². The van der Waals surface area contributed by atoms with Crippen molar-refractivity contribution in [1.29, 1.82) is 0 Å². The number of carbonyl (C=O) groups excluding carboxylic acids is 1. The number of hydrogen-bond acceptors (Lipinski definition) is 4. The average Bonchev–Trinajstić information content (AvgIpc) is 2.81. The lowest BCUT2D eigenvalue weighted by Crippen LogP contribution is -2.58. The second-order valence-electron chi connectivity index (χ2n) is 5.42. The Balaban J connectivity index is 1.48. The number of carbonyl (C=O) groups is 1. The van der Waals surface area contributed by atoms with Crippen LogP contribution in [0.15, 0.2) is 24.4 Å². The number of pyridine rings is 1. The molecule has 1 spiro atoms. The summed E-state index contributed by atoms with van der Waals surface area (Å²) in [6.07, 6.45) is 6.54. The molecule has 1 aliphatic carbocycles. The lowest BCUT2D eigenvalue weighted by Gasteiger charge is -2.43. The molecule has 2 heterocycles. The van der Waals surface area contributed by atoms with Crippen molar-refractivity contribution in [2.45, 2.75) is 37.3 Å². The molecule has 19 heavy (non-hydrogen) atoms. The highest BCUT2D eigenvalue weighted by atomic mass is 16.2. The molecule has 2 aliphatic rings. The molecule has 1 atom stereocenters. The normalized spacial score (nSPS) is 24.1. The summed E-state index contributed by atoms with van der Waals surface area (Å²) >= 11 is 0. The zero-order valence-electron chi connectivity index (χ0n) is 11.0. The molecule has 1 aromatic heterocycles. The van der Waals surface area contributed by atoms with Gasteiger partial charge in [0, 0.05) is 17.8 Å². The van der Waals surface area contributed by atoms with Crippen LogP contribution in [0.4, 0.5) is 5.82 Å². The predicted molar refractivity (Wildman–Crippen MR) is 73.9 cm³/mol. The molecule has 5 nitrogen and oxygen atoms in total. The number of anilines is 1. The van der Waals surface area contributed by atoms with E-state index in [1.165, 1.54) is 19.3 Å². The van der Waals surface area contributed by atoms with Crippen LogP contribution in [0.1, 0.15) is 25.7 Å². The SMILES string of the molecule is O=C(CNC1CCNC12CCC2)Nc1ccccn1. The van der Waals surface area contributed by atoms with Crippen LogP contribution in [0.2, 0.25) is 0 Å². The third-order valence-corrected chi connectivity index (χ3v) is 4.26. The van der Waals surface area contributed by atoms with Gasteiger partial charge < -0.3 is 16.0 Å². The van der Waals surface area contributed by atoms with Crippen LogP contribution >= 0.6 is 0 Å². The molecule has 1 amide bonds. The van der Waals surface area contributed by atoms with Gasteiger partial charge in [-0.1, -0.05) is 6.07 Å². The van der Waals surface area contributed by atoms with E-state index in [9.17, 15) is 4.79 Å². The number of aromatic nitrogens is 1. The summed E-state index contributed by atoms with van der Waals surface area (Å²) in [5.41, 5.74) is 0.269. The summed E-state index contributed by atoms with van der Waals surface area (Å²) in [6.45, 7) is 1.41. The molecule has 102 valence electrons. The van der Waals surface area contributed by atoms with Crippen LogP contribution in [0.25, 0.3) is 0 Å². The van der Waals surface area contributed by atoms with Gasteiger partial charge in [-0.3, -0.25) is 4.79 Å². The Labute approximate surface area is 113 Å². The van der Waals surface area contributed by atoms with Crippen molar-refractivity contribution in [3.05, 3.63) is 24.4 Å². The van der Waals surface area contributed by atoms with Crippen molar-refractivity contribution < 1.29 is 4.79 Å². The summed E-state index contributed by atoms with van der Waals surface area (Å²) < 4.78 is 0. The first-order valence-electron chi connectivity index (χ1n) is 6.98. The highest BCUT2D eigenvalue weighted by Gasteiger charge is 2.46. The van der Waals surface area contributed by atoms with E-state index in [0.29, 0.717) is 18.4 Å². The minimum absolute atomic E-state index is 0.0277. The number of rotatable bonds is 4. The van der Waals surface area contributed by atoms with Crippen LogP contribution in [0.5, 0.6) is 0 Å². The summed E-state index contributed by atoms with van der Waals surface area (Å²) in [7, 11) is 0. The van der Waals surface area contributed by atoms with Crippen molar-refractivity contribution >= 4 is 11.7 Å². The number of amides is 1. The van der Waals surface area contributed by atoms with Gasteiger partial charge in [0.15, 0.2) is 0 Å². The van der Waals surface area contributed by atoms with Crippen molar-refractivity contribution in [2.75, 3.05) is 18.4 Å². The average molecular weight is 260 g/mol. The molecule has 3 rings (SSSR count). The fourth-order valence-corrected chi connectivity index (χ4v) is 3.08. The molecule has 1 saturated carbocycles. The minimum Gasteiger partial charge on any atom is -0.310 e. The van der Waals surface area contributed by atoms with Gasteiger partial charge >= 0.3 is 0 Å². The second-order valence-corrected chi connectivity index (χ2v) is 5.42. The topological polar surface area (TPSA) is 66.1 Å². The summed E-state index contributed by atoms with van der Waals surface area (Å²) in [5, 5.41) is 9.77. The molecule has 1 aromatic rings. The quantitative estimate of drug-likeness (QED) is 0.752. The number of nitrogens with zero attached hydrogens (tertiary/aromatic N) is 1. The molecule has 1 unspecified atom stereocenters. The monoisotopic (exact) mass is 260 g/mol. The standard InChI is InChI=1S/C14H20N4O/c19-13(18-12-4-1-2-8-15-12)10-16-11-5-9-17-14(11)6-3-7-14/h1-2,4,8,11,16-17H,3,5-7,9-10H2,(H,15,18,19). The molecular formula is C14H20N4O. The van der Waals surface area contributed by atoms with Crippen molar-refractivity contribution in [3.63, 3.8) is 0 Å². The molecule has 0 aromatic carbocycles. The Bertz CT molecular complexity index is 444. The van der Waals surface area contributed by atoms with E-state index >= 15 is 0 Å². The Morgan fingerprint density at radius 1 is 1.47 bits per heavy atom. The lowest BCUT2D eigenvalue weighted by atomic mass is 9.73. The Kier molecular flexibility index (Phi) is 3.48. The summed E-state index contributed by atoms with van der Waals surface area (Å²) in [6, 6.07) is 5.91. The van der Waals surface area contributed by atoms with Gasteiger partial charge in [-0.05, 0) is 44.4 Å². The first-order chi connectivity index (χ1) is 9.28. The van der Waals surface area contributed by atoms with E-state index in [-0.39, 0.29) is 11.4 Å². The van der Waals surface area contributed by atoms with Crippen LogP contribution in [0, 0.1) is 0 Å². The largest absolute Gasteiger partial charge is 0.310 e. The second kappa shape index (κ2) is 5.27. The van der Waals surface area contributed by atoms with E-state index in [1.807, 2.05) is 12.1 Å². The maximum absolute atomic E-state index is 11.9. The third-order valence-electron chi connectivity index (χ3n) is 4.26. The molecular weight excluding hydrogens is 240 g/mol. The fraction of sp³-hybridized carbons (Fsp3) is 0.571. The van der Waals surface area contributed by atoms with E-state index in [4.69, 9.17) is 0 Å². The van der Waals surface area contributed by atoms with Crippen molar-refractivity contribution in [2.24, 2.45) is 0 Å². The Hall–Kier alpha value is -1.46. The molecule has 3 N–H and O–H groups in total. The zero-order valence-corrected chi connectivity index (χ0v) is 11.0. The van der Waals surface area contributed by atoms with Crippen LogP contribution in [0.3, 0.4) is 0 Å². The summed E-state index contributed by atoms with van der Waals surface area (Å²) in [5.74, 6) is 0.581. The van der Waals surface area contributed by atoms with Gasteiger partial charge in [0.1, 0.15) is 5.82 Å². The van der Waals surface area contributed by atoms with E-state index in [2.05, 4.69) is 20.9 Å². The Morgan fingerprint density at radius 3 is 3.05 bits per heavy atom. The van der Waals surface area contributed by atoms with Crippen LogP contribution in [-0.2, 0) is 4.79 Å². The van der Waals surface area contributed by atoms with Crippen molar-refractivity contribution in [1.82, 2.24) is 15.6 Å². The van der Waals surface area contributed by atoms with Gasteiger partial charge in [-0.25, -0.2) is 4.98 Å². The van der Waals surface area contributed by atoms with Gasteiger partial charge in [0.25, 0.3) is 0 Å². The van der Waals surface area contributed by atoms with Crippen molar-refractivity contribution in [3.8, 4) is 0 Å². The van der Waals surface area contributed by atoms with Gasteiger partial charge in [-0.15, -0.1) is 0 Å². The highest BCUT2D eigenvalue weighted by molar-refractivity contribution is 5.91. The molecule has 2 fully saturated rings. The molecule has 0 radical (unpaired) electrons. The maximum atomic E-state index is 11.9. The smallest absolute Gasteiger partial charge is 0.239 e. The minimum atomic E-state index is -0.0277. The number of nitrogens with one attached hydrogen (secondary N) is 3. The zero-order chi connectivity index (χ0) is 13.1. The maximum Gasteiger partial charge on any atom is 0.239 e. The molecule has 1 saturated heterocycles. The Morgan fingerprint density at radius 2 is 2.37 bits per heavy atom. The van der Waals surface area contributed by atoms with E-state index in [0.717, 1.165) is 13.0 Å².